The van der Waals surface area contributed by atoms with Crippen LogP contribution in [0.1, 0.15) is 23.9 Å². The monoisotopic (exact) mass is 475 g/mol. The molecule has 2 heterocycles. The number of aromatic nitrogens is 3. The van der Waals surface area contributed by atoms with Crippen LogP contribution in [0.5, 0.6) is 11.5 Å². The van der Waals surface area contributed by atoms with Gasteiger partial charge in [-0.15, -0.1) is 0 Å². The highest BCUT2D eigenvalue weighted by Gasteiger charge is 2.14. The number of hydrogen-bond donors (Lipinski definition) is 2. The maximum atomic E-state index is 11.9. The molecule has 0 atom stereocenters. The van der Waals surface area contributed by atoms with Gasteiger partial charge in [0.2, 0.25) is 11.8 Å². The summed E-state index contributed by atoms with van der Waals surface area (Å²) in [5.41, 5.74) is 14.4. The van der Waals surface area contributed by atoms with Gasteiger partial charge in [-0.2, -0.15) is 4.98 Å². The molecule has 0 bridgehead atoms. The molecule has 35 heavy (non-hydrogen) atoms. The predicted octanol–water partition coefficient (Wildman–Crippen LogP) is 3.56. The summed E-state index contributed by atoms with van der Waals surface area (Å²) in [6.07, 6.45) is 2.10. The molecule has 0 aliphatic heterocycles. The van der Waals surface area contributed by atoms with Crippen molar-refractivity contribution in [3.05, 3.63) is 77.8 Å². The van der Waals surface area contributed by atoms with Gasteiger partial charge in [-0.25, -0.2) is 14.8 Å². The van der Waals surface area contributed by atoms with Gasteiger partial charge in [-0.05, 0) is 36.2 Å². The zero-order chi connectivity index (χ0) is 24.6. The Labute approximate surface area is 201 Å². The lowest BCUT2D eigenvalue weighted by molar-refractivity contribution is -0.147. The Hall–Kier alpha value is -4.60. The van der Waals surface area contributed by atoms with Gasteiger partial charge in [-0.3, -0.25) is 0 Å². The number of carbonyl (C=O) groups is 1. The zero-order valence-electron chi connectivity index (χ0n) is 19.1. The number of esters is 1. The SMILES string of the molecule is CCc1nc(N)nc(N)c1OCc1coc(-c2ccc(OCC(=O)OCc3ccccc3)cc2)n1. The second-order valence-corrected chi connectivity index (χ2v) is 7.49. The van der Waals surface area contributed by atoms with Crippen molar-refractivity contribution in [3.8, 4) is 23.0 Å². The smallest absolute Gasteiger partial charge is 0.344 e. The standard InChI is InChI=1S/C25H25N5O5/c1-2-20-22(23(26)30-25(27)29-20)34-13-18-14-35-24(28-18)17-8-10-19(11-9-17)32-15-21(31)33-12-16-6-4-3-5-7-16/h3-11,14H,2,12-13,15H2,1H3,(H4,26,27,29,30). The summed E-state index contributed by atoms with van der Waals surface area (Å²) in [5.74, 6) is 1.15. The summed E-state index contributed by atoms with van der Waals surface area (Å²) in [6.45, 7) is 2.06. The normalized spacial score (nSPS) is 10.7. The van der Waals surface area contributed by atoms with Crippen LogP contribution in [0.25, 0.3) is 11.5 Å². The molecule has 0 saturated carbocycles. The topological polar surface area (TPSA) is 149 Å². The number of anilines is 2. The molecular weight excluding hydrogens is 450 g/mol. The number of hydrogen-bond acceptors (Lipinski definition) is 10. The van der Waals surface area contributed by atoms with Crippen LogP contribution in [-0.2, 0) is 29.2 Å². The van der Waals surface area contributed by atoms with E-state index in [9.17, 15) is 4.79 Å². The maximum Gasteiger partial charge on any atom is 0.344 e. The van der Waals surface area contributed by atoms with Gasteiger partial charge >= 0.3 is 5.97 Å². The van der Waals surface area contributed by atoms with Gasteiger partial charge < -0.3 is 30.1 Å². The average molecular weight is 476 g/mol. The van der Waals surface area contributed by atoms with Crippen molar-refractivity contribution in [3.63, 3.8) is 0 Å². The number of benzene rings is 2. The van der Waals surface area contributed by atoms with E-state index in [1.807, 2.05) is 37.3 Å². The first-order chi connectivity index (χ1) is 17.0. The molecule has 0 aliphatic rings. The van der Waals surface area contributed by atoms with E-state index in [1.165, 1.54) is 6.26 Å². The van der Waals surface area contributed by atoms with Crippen molar-refractivity contribution >= 4 is 17.7 Å². The van der Waals surface area contributed by atoms with E-state index in [0.717, 1.165) is 11.1 Å². The Morgan fingerprint density at radius 1 is 0.943 bits per heavy atom. The van der Waals surface area contributed by atoms with Crippen LogP contribution in [0.3, 0.4) is 0 Å². The first-order valence-corrected chi connectivity index (χ1v) is 10.9. The summed E-state index contributed by atoms with van der Waals surface area (Å²) in [7, 11) is 0. The molecular formula is C25H25N5O5. The van der Waals surface area contributed by atoms with Crippen LogP contribution in [0.4, 0.5) is 11.8 Å². The summed E-state index contributed by atoms with van der Waals surface area (Å²) in [5, 5.41) is 0. The van der Waals surface area contributed by atoms with Gasteiger partial charge in [0.25, 0.3) is 0 Å². The Kier molecular flexibility index (Phi) is 7.41. The van der Waals surface area contributed by atoms with Crippen molar-refractivity contribution in [1.82, 2.24) is 15.0 Å². The van der Waals surface area contributed by atoms with E-state index in [2.05, 4.69) is 15.0 Å². The molecule has 0 radical (unpaired) electrons. The van der Waals surface area contributed by atoms with E-state index in [1.54, 1.807) is 24.3 Å². The fourth-order valence-corrected chi connectivity index (χ4v) is 3.20. The fraction of sp³-hybridized carbons (Fsp3) is 0.200. The van der Waals surface area contributed by atoms with Crippen LogP contribution in [-0.4, -0.2) is 27.5 Å². The third-order valence-corrected chi connectivity index (χ3v) is 4.93. The molecule has 2 aromatic carbocycles. The molecule has 10 heteroatoms. The van der Waals surface area contributed by atoms with Crippen molar-refractivity contribution in [2.45, 2.75) is 26.6 Å². The van der Waals surface area contributed by atoms with E-state index < -0.39 is 5.97 Å². The Bertz CT molecular complexity index is 1280. The summed E-state index contributed by atoms with van der Waals surface area (Å²) >= 11 is 0. The number of nitrogens with zero attached hydrogens (tertiary/aromatic N) is 3. The van der Waals surface area contributed by atoms with Crippen LogP contribution < -0.4 is 20.9 Å². The van der Waals surface area contributed by atoms with Gasteiger partial charge in [0, 0.05) is 5.56 Å². The highest BCUT2D eigenvalue weighted by molar-refractivity contribution is 5.71. The van der Waals surface area contributed by atoms with Crippen LogP contribution >= 0.6 is 0 Å². The number of nitrogens with two attached hydrogens (primary N) is 2. The quantitative estimate of drug-likeness (QED) is 0.326. The van der Waals surface area contributed by atoms with E-state index in [-0.39, 0.29) is 31.6 Å². The predicted molar refractivity (Wildman–Crippen MR) is 128 cm³/mol. The van der Waals surface area contributed by atoms with Gasteiger partial charge in [-0.1, -0.05) is 37.3 Å². The van der Waals surface area contributed by atoms with Crippen molar-refractivity contribution in [1.29, 1.82) is 0 Å². The molecule has 0 spiro atoms. The van der Waals surface area contributed by atoms with Crippen molar-refractivity contribution < 1.29 is 23.4 Å². The lowest BCUT2D eigenvalue weighted by Crippen LogP contribution is -2.14. The summed E-state index contributed by atoms with van der Waals surface area (Å²) in [6, 6.07) is 16.5. The first-order valence-electron chi connectivity index (χ1n) is 10.9. The Balaban J connectivity index is 1.29. The maximum absolute atomic E-state index is 11.9. The van der Waals surface area contributed by atoms with Crippen molar-refractivity contribution in [2.24, 2.45) is 0 Å². The third kappa shape index (κ3) is 6.26. The second kappa shape index (κ2) is 11.0. The van der Waals surface area contributed by atoms with E-state index in [0.29, 0.717) is 35.2 Å². The second-order valence-electron chi connectivity index (χ2n) is 7.49. The van der Waals surface area contributed by atoms with Gasteiger partial charge in [0.1, 0.15) is 30.9 Å². The van der Waals surface area contributed by atoms with E-state index in [4.69, 9.17) is 30.1 Å². The third-order valence-electron chi connectivity index (χ3n) is 4.93. The van der Waals surface area contributed by atoms with E-state index >= 15 is 0 Å². The molecule has 0 saturated heterocycles. The zero-order valence-corrected chi connectivity index (χ0v) is 19.1. The largest absolute Gasteiger partial charge is 0.482 e. The molecule has 180 valence electrons. The van der Waals surface area contributed by atoms with Gasteiger partial charge in [0.05, 0.1) is 5.69 Å². The van der Waals surface area contributed by atoms with Gasteiger partial charge in [0.15, 0.2) is 18.2 Å². The fourth-order valence-electron chi connectivity index (χ4n) is 3.20. The molecule has 0 aliphatic carbocycles. The molecule has 0 fully saturated rings. The van der Waals surface area contributed by atoms with Crippen LogP contribution in [0, 0.1) is 0 Å². The summed E-state index contributed by atoms with van der Waals surface area (Å²) in [4.78, 5) is 24.5. The minimum atomic E-state index is -0.450. The molecule has 4 aromatic rings. The molecule has 0 amide bonds. The minimum absolute atomic E-state index is 0.104. The lowest BCUT2D eigenvalue weighted by Gasteiger charge is -2.10. The van der Waals surface area contributed by atoms with Crippen LogP contribution in [0.2, 0.25) is 0 Å². The number of aryl methyl sites for hydroxylation is 1. The number of oxazole rings is 1. The average Bonchev–Trinajstić information content (AvgIpc) is 3.35. The summed E-state index contributed by atoms with van der Waals surface area (Å²) < 4.78 is 22.1. The number of rotatable bonds is 10. The molecule has 4 N–H and O–H groups in total. The molecule has 10 nitrogen and oxygen atoms in total. The highest BCUT2D eigenvalue weighted by Crippen LogP contribution is 2.27. The lowest BCUT2D eigenvalue weighted by atomic mass is 10.2. The molecule has 4 rings (SSSR count). The molecule has 2 aromatic heterocycles. The number of carbonyl (C=O) groups excluding carboxylic acids is 1. The number of nitrogen functional groups attached to an aromatic ring is 2. The highest BCUT2D eigenvalue weighted by atomic mass is 16.6. The first kappa shape index (κ1) is 23.6. The minimum Gasteiger partial charge on any atom is -0.482 e. The van der Waals surface area contributed by atoms with Crippen molar-refractivity contribution in [2.75, 3.05) is 18.1 Å². The number of ether oxygens (including phenoxy) is 3. The Morgan fingerprint density at radius 3 is 2.46 bits per heavy atom. The Morgan fingerprint density at radius 2 is 1.71 bits per heavy atom. The van der Waals surface area contributed by atoms with Crippen LogP contribution in [0.15, 0.2) is 65.3 Å². The molecule has 0 unspecified atom stereocenters.